The zero-order valence-electron chi connectivity index (χ0n) is 13.2. The van der Waals surface area contributed by atoms with Gasteiger partial charge in [-0.05, 0) is 41.9 Å². The molecule has 0 aromatic heterocycles. The number of benzene rings is 1. The van der Waals surface area contributed by atoms with Crippen LogP contribution in [0, 0.1) is 12.3 Å². The molecule has 0 radical (unpaired) electrons. The van der Waals surface area contributed by atoms with Gasteiger partial charge in [0.1, 0.15) is 0 Å². The Bertz CT molecular complexity index is 453. The molecule has 1 nitrogen and oxygen atoms in total. The molecule has 0 bridgehead atoms. The molecule has 0 N–H and O–H groups in total. The van der Waals surface area contributed by atoms with Crippen molar-refractivity contribution in [3.63, 3.8) is 0 Å². The maximum absolute atomic E-state index is 4.77. The third-order valence-electron chi connectivity index (χ3n) is 3.44. The summed E-state index contributed by atoms with van der Waals surface area (Å²) in [5, 5.41) is 0. The molecule has 0 aliphatic rings. The second-order valence-electron chi connectivity index (χ2n) is 7.20. The molecule has 0 aliphatic heterocycles. The molecule has 0 atom stereocenters. The Hall–Kier alpha value is -1.11. The van der Waals surface area contributed by atoms with Crippen LogP contribution in [-0.2, 0) is 5.41 Å². The summed E-state index contributed by atoms with van der Waals surface area (Å²) in [5.74, 6) is 0. The van der Waals surface area contributed by atoms with Gasteiger partial charge in [-0.15, -0.1) is 0 Å². The first-order chi connectivity index (χ1) is 8.01. The highest BCUT2D eigenvalue weighted by Crippen LogP contribution is 2.29. The van der Waals surface area contributed by atoms with Gasteiger partial charge in [-0.25, -0.2) is 0 Å². The molecule has 0 saturated carbocycles. The highest BCUT2D eigenvalue weighted by atomic mass is 14.8. The number of rotatable bonds is 1. The number of hydrogen-bond donors (Lipinski definition) is 0. The van der Waals surface area contributed by atoms with E-state index >= 15 is 0 Å². The maximum atomic E-state index is 4.77. The third-order valence-corrected chi connectivity index (χ3v) is 3.44. The van der Waals surface area contributed by atoms with Gasteiger partial charge < -0.3 is 0 Å². The van der Waals surface area contributed by atoms with E-state index in [0.717, 1.165) is 5.69 Å². The number of nitrogens with zero attached hydrogens (tertiary/aromatic N) is 1. The van der Waals surface area contributed by atoms with Crippen molar-refractivity contribution in [2.45, 2.75) is 60.8 Å². The van der Waals surface area contributed by atoms with E-state index in [2.05, 4.69) is 73.6 Å². The monoisotopic (exact) mass is 245 g/mol. The van der Waals surface area contributed by atoms with Crippen molar-refractivity contribution in [3.05, 3.63) is 29.3 Å². The summed E-state index contributed by atoms with van der Waals surface area (Å²) in [6.07, 6.45) is 0. The zero-order chi connectivity index (χ0) is 14.1. The van der Waals surface area contributed by atoms with Gasteiger partial charge in [0.2, 0.25) is 0 Å². The van der Waals surface area contributed by atoms with Crippen LogP contribution in [0.4, 0.5) is 5.69 Å². The van der Waals surface area contributed by atoms with E-state index in [1.165, 1.54) is 16.8 Å². The maximum Gasteiger partial charge on any atom is 0.0658 e. The van der Waals surface area contributed by atoms with E-state index in [9.17, 15) is 0 Å². The average Bonchev–Trinajstić information content (AvgIpc) is 2.17. The van der Waals surface area contributed by atoms with Crippen LogP contribution in [0.1, 0.15) is 59.6 Å². The van der Waals surface area contributed by atoms with E-state index in [4.69, 9.17) is 4.99 Å². The third kappa shape index (κ3) is 3.69. The predicted octanol–water partition coefficient (Wildman–Crippen LogP) is 5.43. The first-order valence-corrected chi connectivity index (χ1v) is 6.69. The SMILES string of the molecule is C/C(=N\c1ccc(C(C)(C)C)cc1C)C(C)(C)C. The van der Waals surface area contributed by atoms with Gasteiger partial charge in [0.25, 0.3) is 0 Å². The van der Waals surface area contributed by atoms with E-state index in [1.54, 1.807) is 0 Å². The van der Waals surface area contributed by atoms with Gasteiger partial charge in [0.05, 0.1) is 5.69 Å². The quantitative estimate of drug-likeness (QED) is 0.585. The molecule has 1 aromatic rings. The lowest BCUT2D eigenvalue weighted by molar-refractivity contribution is 0.587. The summed E-state index contributed by atoms with van der Waals surface area (Å²) in [6.45, 7) is 17.6. The Balaban J connectivity index is 3.16. The fourth-order valence-electron chi connectivity index (χ4n) is 1.60. The Labute approximate surface area is 112 Å². The molecule has 0 heterocycles. The van der Waals surface area contributed by atoms with Crippen molar-refractivity contribution in [3.8, 4) is 0 Å². The molecule has 0 fully saturated rings. The Morgan fingerprint density at radius 1 is 1.00 bits per heavy atom. The van der Waals surface area contributed by atoms with Crippen LogP contribution in [0.3, 0.4) is 0 Å². The van der Waals surface area contributed by atoms with Crippen molar-refractivity contribution in [2.24, 2.45) is 10.4 Å². The summed E-state index contributed by atoms with van der Waals surface area (Å²) in [5.41, 5.74) is 5.23. The van der Waals surface area contributed by atoms with Crippen molar-refractivity contribution >= 4 is 11.4 Å². The van der Waals surface area contributed by atoms with Gasteiger partial charge in [-0.3, -0.25) is 4.99 Å². The molecule has 0 amide bonds. The Kier molecular flexibility index (Phi) is 4.05. The minimum atomic E-state index is 0.134. The fourth-order valence-corrected chi connectivity index (χ4v) is 1.60. The van der Waals surface area contributed by atoms with Crippen LogP contribution in [-0.4, -0.2) is 5.71 Å². The summed E-state index contributed by atoms with van der Waals surface area (Å²) >= 11 is 0. The Morgan fingerprint density at radius 2 is 1.56 bits per heavy atom. The Morgan fingerprint density at radius 3 is 1.94 bits per heavy atom. The minimum absolute atomic E-state index is 0.134. The van der Waals surface area contributed by atoms with Crippen LogP contribution < -0.4 is 0 Å². The summed E-state index contributed by atoms with van der Waals surface area (Å²) < 4.78 is 0. The summed E-state index contributed by atoms with van der Waals surface area (Å²) in [7, 11) is 0. The lowest BCUT2D eigenvalue weighted by Crippen LogP contribution is -2.16. The second-order valence-corrected chi connectivity index (χ2v) is 7.20. The molecular formula is C17H27N. The van der Waals surface area contributed by atoms with Gasteiger partial charge in [0.15, 0.2) is 0 Å². The van der Waals surface area contributed by atoms with Crippen molar-refractivity contribution in [2.75, 3.05) is 0 Å². The molecule has 0 aliphatic carbocycles. The van der Waals surface area contributed by atoms with E-state index in [1.807, 2.05) is 0 Å². The molecule has 0 saturated heterocycles. The molecule has 18 heavy (non-hydrogen) atoms. The normalized spacial score (nSPS) is 13.9. The van der Waals surface area contributed by atoms with Gasteiger partial charge in [0, 0.05) is 5.71 Å². The minimum Gasteiger partial charge on any atom is -0.257 e. The van der Waals surface area contributed by atoms with Gasteiger partial charge in [-0.2, -0.15) is 0 Å². The van der Waals surface area contributed by atoms with Crippen LogP contribution in [0.2, 0.25) is 0 Å². The van der Waals surface area contributed by atoms with Gasteiger partial charge >= 0.3 is 0 Å². The highest BCUT2D eigenvalue weighted by Gasteiger charge is 2.16. The van der Waals surface area contributed by atoms with Crippen LogP contribution >= 0.6 is 0 Å². The van der Waals surface area contributed by atoms with Crippen molar-refractivity contribution < 1.29 is 0 Å². The number of aliphatic imine (C=N–C) groups is 1. The lowest BCUT2D eigenvalue weighted by Gasteiger charge is -2.21. The first kappa shape index (κ1) is 14.9. The molecule has 0 unspecified atom stereocenters. The first-order valence-electron chi connectivity index (χ1n) is 6.69. The lowest BCUT2D eigenvalue weighted by atomic mass is 9.86. The second kappa shape index (κ2) is 4.87. The molecule has 0 spiro atoms. The fraction of sp³-hybridized carbons (Fsp3) is 0.588. The largest absolute Gasteiger partial charge is 0.257 e. The number of hydrogen-bond acceptors (Lipinski definition) is 1. The molecule has 100 valence electrons. The van der Waals surface area contributed by atoms with Crippen LogP contribution in [0.5, 0.6) is 0 Å². The predicted molar refractivity (Wildman–Crippen MR) is 82.1 cm³/mol. The highest BCUT2D eigenvalue weighted by molar-refractivity contribution is 5.89. The van der Waals surface area contributed by atoms with Crippen molar-refractivity contribution in [1.82, 2.24) is 0 Å². The molecule has 1 aromatic carbocycles. The van der Waals surface area contributed by atoms with Crippen LogP contribution in [0.25, 0.3) is 0 Å². The van der Waals surface area contributed by atoms with Crippen LogP contribution in [0.15, 0.2) is 23.2 Å². The molecule has 1 heteroatoms. The zero-order valence-corrected chi connectivity index (χ0v) is 13.2. The average molecular weight is 245 g/mol. The van der Waals surface area contributed by atoms with E-state index < -0.39 is 0 Å². The molecule has 1 rings (SSSR count). The standard InChI is InChI=1S/C17H27N/c1-12-11-14(17(6,7)8)9-10-15(12)18-13(2)16(3,4)5/h9-11H,1-8H3/b18-13+. The molecular weight excluding hydrogens is 218 g/mol. The van der Waals surface area contributed by atoms with E-state index in [-0.39, 0.29) is 10.8 Å². The summed E-state index contributed by atoms with van der Waals surface area (Å²) in [4.78, 5) is 4.77. The van der Waals surface area contributed by atoms with E-state index in [0.29, 0.717) is 0 Å². The van der Waals surface area contributed by atoms with Gasteiger partial charge in [-0.1, -0.05) is 53.7 Å². The summed E-state index contributed by atoms with van der Waals surface area (Å²) in [6, 6.07) is 6.60. The topological polar surface area (TPSA) is 12.4 Å². The number of aryl methyl sites for hydroxylation is 1. The smallest absolute Gasteiger partial charge is 0.0658 e. The van der Waals surface area contributed by atoms with Crippen molar-refractivity contribution in [1.29, 1.82) is 0 Å².